The van der Waals surface area contributed by atoms with Crippen LogP contribution >= 0.6 is 0 Å². The first-order valence-electron chi connectivity index (χ1n) is 9.21. The molecular weight excluding hydrogens is 347 g/mol. The number of nitrogens with one attached hydrogen (secondary N) is 2. The van der Waals surface area contributed by atoms with Crippen molar-refractivity contribution in [1.82, 2.24) is 20.1 Å². The van der Waals surface area contributed by atoms with Gasteiger partial charge in [-0.2, -0.15) is 5.10 Å². The number of hydrogen-bond donors (Lipinski definition) is 2. The van der Waals surface area contributed by atoms with E-state index in [4.69, 9.17) is 0 Å². The summed E-state index contributed by atoms with van der Waals surface area (Å²) in [6, 6.07) is 4.29. The summed E-state index contributed by atoms with van der Waals surface area (Å²) in [5.41, 5.74) is 2.13. The van der Waals surface area contributed by atoms with Crippen molar-refractivity contribution in [1.29, 1.82) is 0 Å². The van der Waals surface area contributed by atoms with Crippen molar-refractivity contribution < 1.29 is 9.18 Å². The Morgan fingerprint density at radius 2 is 2.11 bits per heavy atom. The summed E-state index contributed by atoms with van der Waals surface area (Å²) in [5.74, 6) is -0.465. The second-order valence-electron chi connectivity index (χ2n) is 6.92. The minimum absolute atomic E-state index is 0.0577. The first-order valence-corrected chi connectivity index (χ1v) is 9.21. The predicted octanol–water partition coefficient (Wildman–Crippen LogP) is 2.97. The smallest absolute Gasteiger partial charge is 0.259 e. The number of hydrogen-bond acceptors (Lipinski definition) is 3. The molecule has 0 radical (unpaired) electrons. The van der Waals surface area contributed by atoms with E-state index in [0.29, 0.717) is 19.0 Å². The van der Waals surface area contributed by atoms with E-state index < -0.39 is 11.2 Å². The van der Waals surface area contributed by atoms with E-state index in [0.717, 1.165) is 25.0 Å². The highest BCUT2D eigenvalue weighted by molar-refractivity contribution is 5.97. The highest BCUT2D eigenvalue weighted by Gasteiger charge is 2.28. The molecule has 2 aromatic heterocycles. The zero-order valence-electron chi connectivity index (χ0n) is 15.1. The van der Waals surface area contributed by atoms with Crippen LogP contribution in [0.2, 0.25) is 0 Å². The number of para-hydroxylation sites is 1. The fourth-order valence-corrected chi connectivity index (χ4v) is 3.87. The van der Waals surface area contributed by atoms with E-state index in [-0.39, 0.29) is 22.4 Å². The molecule has 0 saturated carbocycles. The van der Waals surface area contributed by atoms with Crippen LogP contribution < -0.4 is 5.43 Å². The van der Waals surface area contributed by atoms with E-state index in [1.807, 2.05) is 6.20 Å². The minimum Gasteiger partial charge on any atom is -0.358 e. The molecular formula is C20H21FN4O2. The van der Waals surface area contributed by atoms with Crippen LogP contribution in [0, 0.1) is 5.82 Å². The van der Waals surface area contributed by atoms with Crippen LogP contribution in [-0.4, -0.2) is 39.1 Å². The van der Waals surface area contributed by atoms with Gasteiger partial charge in [0.15, 0.2) is 0 Å². The number of benzene rings is 1. The molecule has 4 rings (SSSR count). The molecule has 1 aliphatic rings. The van der Waals surface area contributed by atoms with Crippen LogP contribution in [0.4, 0.5) is 4.39 Å². The van der Waals surface area contributed by atoms with Gasteiger partial charge in [-0.15, -0.1) is 0 Å². The van der Waals surface area contributed by atoms with Gasteiger partial charge in [-0.05, 0) is 37.0 Å². The maximum Gasteiger partial charge on any atom is 0.259 e. The van der Waals surface area contributed by atoms with Crippen LogP contribution in [-0.2, 0) is 6.42 Å². The third kappa shape index (κ3) is 3.03. The number of carbonyl (C=O) groups is 1. The number of halogens is 1. The second kappa shape index (κ2) is 6.98. The summed E-state index contributed by atoms with van der Waals surface area (Å²) in [4.78, 5) is 30.0. The standard InChI is InChI=1S/C20H21FN4O2/c1-2-12-10-23-24-17(12)13-6-8-25(9-7-13)20(27)15-11-22-18-14(19(15)26)4-3-5-16(18)21/h3-5,10-11,13H,2,6-9H2,1H3,(H,22,26)(H,23,24). The zero-order chi connectivity index (χ0) is 19.0. The fourth-order valence-electron chi connectivity index (χ4n) is 3.87. The van der Waals surface area contributed by atoms with Gasteiger partial charge in [0.05, 0.1) is 11.7 Å². The summed E-state index contributed by atoms with van der Waals surface area (Å²) < 4.78 is 13.8. The lowest BCUT2D eigenvalue weighted by atomic mass is 9.90. The first kappa shape index (κ1) is 17.5. The molecule has 0 spiro atoms. The van der Waals surface area contributed by atoms with Crippen LogP contribution in [0.5, 0.6) is 0 Å². The van der Waals surface area contributed by atoms with Gasteiger partial charge >= 0.3 is 0 Å². The molecule has 27 heavy (non-hydrogen) atoms. The quantitative estimate of drug-likeness (QED) is 0.746. The average Bonchev–Trinajstić information content (AvgIpc) is 3.17. The topological polar surface area (TPSA) is 81.8 Å². The number of piperidine rings is 1. The van der Waals surface area contributed by atoms with E-state index >= 15 is 0 Å². The Bertz CT molecular complexity index is 1050. The Labute approximate surface area is 155 Å². The molecule has 7 heteroatoms. The number of H-pyrrole nitrogens is 2. The zero-order valence-corrected chi connectivity index (χ0v) is 15.1. The summed E-state index contributed by atoms with van der Waals surface area (Å²) in [5, 5.41) is 7.42. The van der Waals surface area contributed by atoms with Crippen molar-refractivity contribution in [2.75, 3.05) is 13.1 Å². The fraction of sp³-hybridized carbons (Fsp3) is 0.350. The summed E-state index contributed by atoms with van der Waals surface area (Å²) in [7, 11) is 0. The van der Waals surface area contributed by atoms with Gasteiger partial charge in [0, 0.05) is 36.3 Å². The number of rotatable bonds is 3. The van der Waals surface area contributed by atoms with Crippen LogP contribution in [0.1, 0.15) is 47.3 Å². The van der Waals surface area contributed by atoms with Gasteiger partial charge in [0.2, 0.25) is 5.43 Å². The SMILES string of the molecule is CCc1cn[nH]c1C1CCN(C(=O)c2c[nH]c3c(F)cccc3c2=O)CC1. The maximum atomic E-state index is 13.8. The number of pyridine rings is 1. The van der Waals surface area contributed by atoms with Gasteiger partial charge in [0.25, 0.3) is 5.91 Å². The average molecular weight is 368 g/mol. The number of amides is 1. The molecule has 140 valence electrons. The lowest BCUT2D eigenvalue weighted by molar-refractivity contribution is 0.0710. The number of fused-ring (bicyclic) bond motifs is 1. The van der Waals surface area contributed by atoms with E-state index in [1.54, 1.807) is 4.90 Å². The van der Waals surface area contributed by atoms with Crippen LogP contribution in [0.3, 0.4) is 0 Å². The summed E-state index contributed by atoms with van der Waals surface area (Å²) >= 11 is 0. The van der Waals surface area contributed by atoms with Crippen molar-refractivity contribution in [3.63, 3.8) is 0 Å². The molecule has 6 nitrogen and oxygen atoms in total. The Morgan fingerprint density at radius 1 is 1.33 bits per heavy atom. The molecule has 3 heterocycles. The van der Waals surface area contributed by atoms with E-state index in [1.165, 1.54) is 30.0 Å². The molecule has 1 fully saturated rings. The molecule has 1 aromatic carbocycles. The monoisotopic (exact) mass is 368 g/mol. The number of likely N-dealkylation sites (tertiary alicyclic amines) is 1. The largest absolute Gasteiger partial charge is 0.358 e. The van der Waals surface area contributed by atoms with Gasteiger partial charge < -0.3 is 9.88 Å². The molecule has 0 unspecified atom stereocenters. The lowest BCUT2D eigenvalue weighted by Crippen LogP contribution is -2.40. The van der Waals surface area contributed by atoms with Crippen molar-refractivity contribution in [3.8, 4) is 0 Å². The van der Waals surface area contributed by atoms with Gasteiger partial charge in [-0.25, -0.2) is 4.39 Å². The first-order chi connectivity index (χ1) is 13.1. The van der Waals surface area contributed by atoms with Gasteiger partial charge in [-0.3, -0.25) is 14.7 Å². The molecule has 0 bridgehead atoms. The Kier molecular flexibility index (Phi) is 4.51. The molecule has 1 aliphatic heterocycles. The predicted molar refractivity (Wildman–Crippen MR) is 100 cm³/mol. The maximum absolute atomic E-state index is 13.8. The van der Waals surface area contributed by atoms with Crippen molar-refractivity contribution in [3.05, 3.63) is 63.5 Å². The number of carbonyl (C=O) groups excluding carboxylic acids is 1. The van der Waals surface area contributed by atoms with E-state index in [9.17, 15) is 14.0 Å². The Balaban J connectivity index is 1.54. The van der Waals surface area contributed by atoms with Gasteiger partial charge in [0.1, 0.15) is 11.4 Å². The Morgan fingerprint density at radius 3 is 2.85 bits per heavy atom. The molecule has 1 amide bonds. The van der Waals surface area contributed by atoms with Crippen molar-refractivity contribution >= 4 is 16.8 Å². The molecule has 3 aromatic rings. The highest BCUT2D eigenvalue weighted by Crippen LogP contribution is 2.29. The van der Waals surface area contributed by atoms with E-state index in [2.05, 4.69) is 22.1 Å². The normalized spacial score (nSPS) is 15.4. The highest BCUT2D eigenvalue weighted by atomic mass is 19.1. The summed E-state index contributed by atoms with van der Waals surface area (Å²) in [6.07, 6.45) is 5.75. The summed E-state index contributed by atoms with van der Waals surface area (Å²) in [6.45, 7) is 3.25. The minimum atomic E-state index is -0.504. The van der Waals surface area contributed by atoms with Gasteiger partial charge in [-0.1, -0.05) is 13.0 Å². The van der Waals surface area contributed by atoms with Crippen LogP contribution in [0.15, 0.2) is 35.4 Å². The number of aromatic nitrogens is 3. The van der Waals surface area contributed by atoms with Crippen molar-refractivity contribution in [2.45, 2.75) is 32.1 Å². The van der Waals surface area contributed by atoms with Crippen molar-refractivity contribution in [2.24, 2.45) is 0 Å². The number of aryl methyl sites for hydroxylation is 1. The third-order valence-electron chi connectivity index (χ3n) is 5.42. The molecule has 0 aliphatic carbocycles. The molecule has 1 saturated heterocycles. The lowest BCUT2D eigenvalue weighted by Gasteiger charge is -2.31. The number of nitrogens with zero attached hydrogens (tertiary/aromatic N) is 2. The number of aromatic amines is 2. The molecule has 0 atom stereocenters. The Hall–Kier alpha value is -2.96. The second-order valence-corrected chi connectivity index (χ2v) is 6.92. The molecule has 2 N–H and O–H groups in total. The third-order valence-corrected chi connectivity index (χ3v) is 5.42. The van der Waals surface area contributed by atoms with Crippen LogP contribution in [0.25, 0.3) is 10.9 Å².